The number of nitrogens with one attached hydrogen (secondary N) is 2. The molecule has 3 rings (SSSR count). The summed E-state index contributed by atoms with van der Waals surface area (Å²) in [7, 11) is 0. The molecule has 0 aliphatic rings. The van der Waals surface area contributed by atoms with E-state index >= 15 is 0 Å². The first-order chi connectivity index (χ1) is 16.5. The molecule has 12 heteroatoms. The molecular weight excluding hydrogens is 501 g/mol. The van der Waals surface area contributed by atoms with Gasteiger partial charge in [-0.25, -0.2) is 17.6 Å². The molecule has 0 heterocycles. The highest BCUT2D eigenvalue weighted by Crippen LogP contribution is 2.38. The number of anilines is 2. The molecule has 0 unspecified atom stereocenters. The van der Waals surface area contributed by atoms with Gasteiger partial charge in [-0.15, -0.1) is 11.8 Å². The van der Waals surface area contributed by atoms with Crippen LogP contribution in [0.2, 0.25) is 0 Å². The van der Waals surface area contributed by atoms with Crippen LogP contribution >= 0.6 is 11.8 Å². The molecule has 3 aromatic rings. The van der Waals surface area contributed by atoms with E-state index in [-0.39, 0.29) is 12.3 Å². The second kappa shape index (κ2) is 10.8. The summed E-state index contributed by atoms with van der Waals surface area (Å²) in [6, 6.07) is 15.2. The maximum absolute atomic E-state index is 13.9. The van der Waals surface area contributed by atoms with Gasteiger partial charge in [0.25, 0.3) is 0 Å². The van der Waals surface area contributed by atoms with Gasteiger partial charge in [-0.05, 0) is 29.8 Å². The van der Waals surface area contributed by atoms with Crippen molar-refractivity contribution in [2.45, 2.75) is 17.5 Å². The zero-order chi connectivity index (χ0) is 25.8. The first-order valence-corrected chi connectivity index (χ1v) is 10.8. The van der Waals surface area contributed by atoms with Crippen LogP contribution in [0.4, 0.5) is 42.1 Å². The van der Waals surface area contributed by atoms with Crippen LogP contribution in [0.3, 0.4) is 0 Å². The molecule has 0 radical (unpaired) electrons. The van der Waals surface area contributed by atoms with Crippen molar-refractivity contribution in [1.29, 1.82) is 0 Å². The molecule has 0 saturated heterocycles. The summed E-state index contributed by atoms with van der Waals surface area (Å²) in [5, 5.41) is 4.25. The monoisotopic (exact) mass is 516 g/mol. The lowest BCUT2D eigenvalue weighted by Gasteiger charge is -2.14. The molecule has 0 aromatic heterocycles. The van der Waals surface area contributed by atoms with Crippen LogP contribution in [0.1, 0.15) is 11.1 Å². The van der Waals surface area contributed by atoms with E-state index in [1.54, 1.807) is 41.7 Å². The van der Waals surface area contributed by atoms with Crippen molar-refractivity contribution in [3.63, 3.8) is 0 Å². The average molecular weight is 516 g/mol. The third-order valence-electron chi connectivity index (χ3n) is 4.53. The average Bonchev–Trinajstić information content (AvgIpc) is 2.80. The Balaban J connectivity index is 1.59. The number of amides is 2. The maximum Gasteiger partial charge on any atom is 0.422 e. The molecule has 3 aromatic carbocycles. The minimum Gasteiger partial charge on any atom is -0.326 e. The Bertz CT molecular complexity index is 1200. The first kappa shape index (κ1) is 26.1. The van der Waals surface area contributed by atoms with Crippen molar-refractivity contribution < 1.29 is 40.3 Å². The lowest BCUT2D eigenvalue weighted by molar-refractivity contribution is -0.143. The van der Waals surface area contributed by atoms with Crippen LogP contribution in [-0.2, 0) is 22.2 Å². The Kier molecular flexibility index (Phi) is 8.05. The molecule has 0 fully saturated rings. The normalized spacial score (nSPS) is 11.3. The van der Waals surface area contributed by atoms with Crippen LogP contribution in [0.5, 0.6) is 0 Å². The van der Waals surface area contributed by atoms with Crippen molar-refractivity contribution in [2.75, 3.05) is 16.4 Å². The fourth-order valence-corrected chi connectivity index (χ4v) is 3.63. The molecule has 184 valence electrons. The van der Waals surface area contributed by atoms with Crippen molar-refractivity contribution in [3.8, 4) is 0 Å². The van der Waals surface area contributed by atoms with E-state index in [9.17, 15) is 40.3 Å². The summed E-state index contributed by atoms with van der Waals surface area (Å²) in [5.41, 5.74) is -3.09. The summed E-state index contributed by atoms with van der Waals surface area (Å²) in [6.45, 7) is 0. The third kappa shape index (κ3) is 6.53. The fraction of sp³-hybridized carbons (Fsp3) is 0.130. The number of hydrogen-bond donors (Lipinski definition) is 2. The lowest BCUT2D eigenvalue weighted by Crippen LogP contribution is -2.21. The van der Waals surface area contributed by atoms with E-state index in [0.717, 1.165) is 17.3 Å². The van der Waals surface area contributed by atoms with Gasteiger partial charge < -0.3 is 10.6 Å². The molecule has 0 aliphatic heterocycles. The topological polar surface area (TPSA) is 58.2 Å². The molecule has 2 amide bonds. The highest BCUT2D eigenvalue weighted by atomic mass is 32.2. The van der Waals surface area contributed by atoms with Gasteiger partial charge in [0.15, 0.2) is 23.3 Å². The van der Waals surface area contributed by atoms with Gasteiger partial charge in [0, 0.05) is 10.6 Å². The standard InChI is InChI=1S/C23H15F7N2O2S/c24-18-17(23(28,29)30)19(25)21(27)22(20(18)26)32-16(34)11-35-14-8-6-13(7-9-14)31-15(33)10-12-4-2-1-3-5-12/h1-9H,10-11H2,(H,31,33)(H,32,34). The van der Waals surface area contributed by atoms with E-state index in [1.165, 1.54) is 12.1 Å². The number of thioether (sulfide) groups is 1. The minimum absolute atomic E-state index is 0.162. The van der Waals surface area contributed by atoms with E-state index in [2.05, 4.69) is 5.32 Å². The number of hydrogen-bond acceptors (Lipinski definition) is 3. The SMILES string of the molecule is O=C(Cc1ccccc1)Nc1ccc(SCC(=O)Nc2c(F)c(F)c(C(F)(F)F)c(F)c2F)cc1. The largest absolute Gasteiger partial charge is 0.422 e. The van der Waals surface area contributed by atoms with Crippen LogP contribution in [-0.4, -0.2) is 17.6 Å². The van der Waals surface area contributed by atoms with E-state index in [1.807, 2.05) is 6.07 Å². The zero-order valence-electron chi connectivity index (χ0n) is 17.5. The molecule has 0 saturated carbocycles. The first-order valence-electron chi connectivity index (χ1n) is 9.77. The highest BCUT2D eigenvalue weighted by Gasteiger charge is 2.42. The fourth-order valence-electron chi connectivity index (χ4n) is 2.94. The van der Waals surface area contributed by atoms with Gasteiger partial charge in [-0.2, -0.15) is 13.2 Å². The van der Waals surface area contributed by atoms with Crippen molar-refractivity contribution in [1.82, 2.24) is 0 Å². The molecule has 0 aliphatic carbocycles. The third-order valence-corrected chi connectivity index (χ3v) is 5.54. The molecule has 0 atom stereocenters. The second-order valence-corrected chi connectivity index (χ2v) is 8.12. The number of carbonyl (C=O) groups is 2. The Labute approximate surface area is 198 Å². The Morgan fingerprint density at radius 2 is 1.31 bits per heavy atom. The number of rotatable bonds is 7. The highest BCUT2D eigenvalue weighted by molar-refractivity contribution is 8.00. The quantitative estimate of drug-likeness (QED) is 0.224. The van der Waals surface area contributed by atoms with E-state index in [0.29, 0.717) is 10.6 Å². The van der Waals surface area contributed by atoms with E-state index in [4.69, 9.17) is 0 Å². The molecule has 0 spiro atoms. The van der Waals surface area contributed by atoms with Crippen molar-refractivity contribution in [2.24, 2.45) is 0 Å². The summed E-state index contributed by atoms with van der Waals surface area (Å²) in [5.74, 6) is -11.9. The number of carbonyl (C=O) groups excluding carboxylic acids is 2. The van der Waals surface area contributed by atoms with Gasteiger partial charge in [0.1, 0.15) is 11.3 Å². The number of halogens is 7. The Hall–Kier alpha value is -3.54. The van der Waals surface area contributed by atoms with Gasteiger partial charge in [0.2, 0.25) is 11.8 Å². The van der Waals surface area contributed by atoms with Gasteiger partial charge in [-0.1, -0.05) is 30.3 Å². The van der Waals surface area contributed by atoms with Crippen LogP contribution in [0.15, 0.2) is 59.5 Å². The molecule has 2 N–H and O–H groups in total. The smallest absolute Gasteiger partial charge is 0.326 e. The van der Waals surface area contributed by atoms with Crippen molar-refractivity contribution in [3.05, 3.63) is 89.0 Å². The zero-order valence-corrected chi connectivity index (χ0v) is 18.3. The van der Waals surface area contributed by atoms with Crippen LogP contribution in [0, 0.1) is 23.3 Å². The Morgan fingerprint density at radius 1 is 0.743 bits per heavy atom. The molecule has 35 heavy (non-hydrogen) atoms. The predicted molar refractivity (Wildman–Crippen MR) is 116 cm³/mol. The minimum atomic E-state index is -5.68. The van der Waals surface area contributed by atoms with Gasteiger partial charge in [-0.3, -0.25) is 9.59 Å². The predicted octanol–water partition coefficient (Wildman–Crippen LogP) is 6.17. The van der Waals surface area contributed by atoms with E-state index < -0.39 is 52.4 Å². The van der Waals surface area contributed by atoms with Gasteiger partial charge >= 0.3 is 6.18 Å². The maximum atomic E-state index is 13.9. The summed E-state index contributed by atoms with van der Waals surface area (Å²) >= 11 is 0.868. The Morgan fingerprint density at radius 3 is 1.86 bits per heavy atom. The summed E-state index contributed by atoms with van der Waals surface area (Å²) in [4.78, 5) is 24.6. The van der Waals surface area contributed by atoms with Gasteiger partial charge in [0.05, 0.1) is 12.2 Å². The second-order valence-electron chi connectivity index (χ2n) is 7.08. The molecule has 4 nitrogen and oxygen atoms in total. The summed E-state index contributed by atoms with van der Waals surface area (Å²) < 4.78 is 93.1. The van der Waals surface area contributed by atoms with Crippen LogP contribution in [0.25, 0.3) is 0 Å². The number of alkyl halides is 3. The van der Waals surface area contributed by atoms with Crippen LogP contribution < -0.4 is 10.6 Å². The lowest BCUT2D eigenvalue weighted by atomic mass is 10.1. The van der Waals surface area contributed by atoms with Crippen molar-refractivity contribution >= 4 is 35.0 Å². The molecular formula is C23H15F7N2O2S. The number of benzene rings is 3. The molecule has 0 bridgehead atoms. The summed E-state index contributed by atoms with van der Waals surface area (Å²) in [6.07, 6.45) is -5.52.